The maximum Gasteiger partial charge on any atom is 0.410 e. The second-order valence-corrected chi connectivity index (χ2v) is 7.36. The Morgan fingerprint density at radius 3 is 2.27 bits per heavy atom. The van der Waals surface area contributed by atoms with E-state index in [1.54, 1.807) is 0 Å². The Hall–Kier alpha value is -1.51. The van der Waals surface area contributed by atoms with Gasteiger partial charge in [0.15, 0.2) is 0 Å². The molecule has 0 atom stereocenters. The molecule has 1 fully saturated rings. The molecule has 1 amide bonds. The van der Waals surface area contributed by atoms with Crippen molar-refractivity contribution in [3.8, 4) is 0 Å². The molecule has 1 aliphatic rings. The van der Waals surface area contributed by atoms with Crippen molar-refractivity contribution in [2.45, 2.75) is 64.4 Å². The van der Waals surface area contributed by atoms with E-state index in [0.29, 0.717) is 0 Å². The molecule has 0 saturated carbocycles. The normalized spacial score (nSPS) is 18.1. The van der Waals surface area contributed by atoms with Crippen LogP contribution in [0.15, 0.2) is 30.3 Å². The van der Waals surface area contributed by atoms with E-state index < -0.39 is 5.60 Å². The third-order valence-corrected chi connectivity index (χ3v) is 4.49. The Morgan fingerprint density at radius 2 is 1.77 bits per heavy atom. The van der Waals surface area contributed by atoms with Crippen LogP contribution in [0.3, 0.4) is 0 Å². The number of carbonyl (C=O) groups is 1. The number of piperidine rings is 1. The molecule has 0 radical (unpaired) electrons. The molecule has 1 heterocycles. The molecule has 22 heavy (non-hydrogen) atoms. The summed E-state index contributed by atoms with van der Waals surface area (Å²) in [7, 11) is 0. The lowest BCUT2D eigenvalue weighted by atomic mass is 9.70. The Bertz CT molecular complexity index is 482. The molecule has 0 spiro atoms. The quantitative estimate of drug-likeness (QED) is 0.806. The Balaban J connectivity index is 2.06. The Labute approximate surface area is 134 Å². The summed E-state index contributed by atoms with van der Waals surface area (Å²) < 4.78 is 5.50. The summed E-state index contributed by atoms with van der Waals surface area (Å²) >= 11 is 0. The molecule has 1 aromatic carbocycles. The number of hydrogen-bond donors (Lipinski definition) is 0. The largest absolute Gasteiger partial charge is 0.444 e. The van der Waals surface area contributed by atoms with Crippen LogP contribution in [-0.2, 0) is 10.2 Å². The molecule has 1 aliphatic heterocycles. The number of likely N-dealkylation sites (tertiary alicyclic amines) is 1. The number of nitrogens with zero attached hydrogens (tertiary/aromatic N) is 1. The summed E-state index contributed by atoms with van der Waals surface area (Å²) in [5.41, 5.74) is 1.21. The summed E-state index contributed by atoms with van der Waals surface area (Å²) in [5.74, 6) is 0. The highest BCUT2D eigenvalue weighted by atomic mass is 16.6. The molecule has 0 aliphatic carbocycles. The molecule has 0 bridgehead atoms. The maximum absolute atomic E-state index is 12.2. The fraction of sp³-hybridized carbons (Fsp3) is 0.632. The number of carbonyl (C=O) groups excluding carboxylic acids is 1. The molecule has 1 saturated heterocycles. The van der Waals surface area contributed by atoms with Gasteiger partial charge in [-0.05, 0) is 51.0 Å². The van der Waals surface area contributed by atoms with Crippen LogP contribution < -0.4 is 0 Å². The van der Waals surface area contributed by atoms with Crippen molar-refractivity contribution in [2.24, 2.45) is 0 Å². The van der Waals surface area contributed by atoms with Crippen molar-refractivity contribution < 1.29 is 9.53 Å². The standard InChI is InChI=1S/C19H29NO2/c1-5-11-19(16-9-7-6-8-10-16)12-14-20(15-13-19)17(21)22-18(2,3)4/h6-10H,5,11-15H2,1-4H3. The second kappa shape index (κ2) is 6.72. The third-order valence-electron chi connectivity index (χ3n) is 4.49. The molecule has 2 rings (SSSR count). The molecule has 122 valence electrons. The average molecular weight is 303 g/mol. The summed E-state index contributed by atoms with van der Waals surface area (Å²) in [6.07, 6.45) is 4.21. The predicted octanol–water partition coefficient (Wildman–Crippen LogP) is 4.76. The summed E-state index contributed by atoms with van der Waals surface area (Å²) in [5, 5.41) is 0. The second-order valence-electron chi connectivity index (χ2n) is 7.36. The van der Waals surface area contributed by atoms with Crippen molar-refractivity contribution in [3.63, 3.8) is 0 Å². The number of hydrogen-bond acceptors (Lipinski definition) is 2. The Morgan fingerprint density at radius 1 is 1.18 bits per heavy atom. The highest BCUT2D eigenvalue weighted by molar-refractivity contribution is 5.68. The minimum Gasteiger partial charge on any atom is -0.444 e. The molecule has 0 aromatic heterocycles. The van der Waals surface area contributed by atoms with Crippen LogP contribution >= 0.6 is 0 Å². The molecule has 3 nitrogen and oxygen atoms in total. The van der Waals surface area contributed by atoms with Gasteiger partial charge in [0, 0.05) is 13.1 Å². The summed E-state index contributed by atoms with van der Waals surface area (Å²) in [6.45, 7) is 9.55. The minimum atomic E-state index is -0.422. The molecule has 1 aromatic rings. The van der Waals surface area contributed by atoms with Crippen LogP contribution in [-0.4, -0.2) is 29.7 Å². The van der Waals surface area contributed by atoms with E-state index in [0.717, 1.165) is 25.9 Å². The average Bonchev–Trinajstić information content (AvgIpc) is 2.47. The third kappa shape index (κ3) is 4.02. The van der Waals surface area contributed by atoms with Crippen molar-refractivity contribution in [3.05, 3.63) is 35.9 Å². The highest BCUT2D eigenvalue weighted by Gasteiger charge is 2.37. The SMILES string of the molecule is CCCC1(c2ccccc2)CCN(C(=O)OC(C)(C)C)CC1. The first kappa shape index (κ1) is 16.9. The topological polar surface area (TPSA) is 29.5 Å². The molecular formula is C19H29NO2. The van der Waals surface area contributed by atoms with Crippen LogP contribution in [0.2, 0.25) is 0 Å². The van der Waals surface area contributed by atoms with Gasteiger partial charge >= 0.3 is 6.09 Å². The van der Waals surface area contributed by atoms with Gasteiger partial charge in [0.25, 0.3) is 0 Å². The van der Waals surface area contributed by atoms with Gasteiger partial charge in [0.2, 0.25) is 0 Å². The van der Waals surface area contributed by atoms with Gasteiger partial charge in [-0.15, -0.1) is 0 Å². The highest BCUT2D eigenvalue weighted by Crippen LogP contribution is 2.39. The number of benzene rings is 1. The van der Waals surface area contributed by atoms with Crippen LogP contribution in [0.25, 0.3) is 0 Å². The van der Waals surface area contributed by atoms with Gasteiger partial charge in [-0.25, -0.2) is 4.79 Å². The van der Waals surface area contributed by atoms with Crippen LogP contribution in [0.1, 0.15) is 58.9 Å². The van der Waals surface area contributed by atoms with Crippen LogP contribution in [0.4, 0.5) is 4.79 Å². The van der Waals surface area contributed by atoms with Crippen LogP contribution in [0.5, 0.6) is 0 Å². The molecule has 0 N–H and O–H groups in total. The lowest BCUT2D eigenvalue weighted by molar-refractivity contribution is 0.0158. The smallest absolute Gasteiger partial charge is 0.410 e. The zero-order valence-electron chi connectivity index (χ0n) is 14.4. The fourth-order valence-electron chi connectivity index (χ4n) is 3.40. The maximum atomic E-state index is 12.2. The van der Waals surface area contributed by atoms with E-state index in [9.17, 15) is 4.79 Å². The van der Waals surface area contributed by atoms with Gasteiger partial charge in [-0.2, -0.15) is 0 Å². The monoisotopic (exact) mass is 303 g/mol. The number of amides is 1. The van der Waals surface area contributed by atoms with Gasteiger partial charge in [-0.3, -0.25) is 0 Å². The zero-order chi connectivity index (χ0) is 16.2. The van der Waals surface area contributed by atoms with Crippen molar-refractivity contribution in [1.82, 2.24) is 4.90 Å². The number of ether oxygens (including phenoxy) is 1. The van der Waals surface area contributed by atoms with Crippen LogP contribution in [0, 0.1) is 0 Å². The van der Waals surface area contributed by atoms with E-state index in [1.807, 2.05) is 25.7 Å². The Kier molecular flexibility index (Phi) is 5.15. The minimum absolute atomic E-state index is 0.175. The first-order valence-corrected chi connectivity index (χ1v) is 8.40. The fourth-order valence-corrected chi connectivity index (χ4v) is 3.40. The van der Waals surface area contributed by atoms with Crippen molar-refractivity contribution in [1.29, 1.82) is 0 Å². The predicted molar refractivity (Wildman–Crippen MR) is 90.1 cm³/mol. The van der Waals surface area contributed by atoms with Crippen molar-refractivity contribution >= 4 is 6.09 Å². The first-order valence-electron chi connectivity index (χ1n) is 8.40. The van der Waals surface area contributed by atoms with Crippen molar-refractivity contribution in [2.75, 3.05) is 13.1 Å². The molecule has 3 heteroatoms. The van der Waals surface area contributed by atoms with Gasteiger partial charge in [-0.1, -0.05) is 43.7 Å². The molecular weight excluding hydrogens is 274 g/mol. The van der Waals surface area contributed by atoms with E-state index in [4.69, 9.17) is 4.74 Å². The van der Waals surface area contributed by atoms with E-state index in [1.165, 1.54) is 18.4 Å². The van der Waals surface area contributed by atoms with Gasteiger partial charge in [0.05, 0.1) is 0 Å². The van der Waals surface area contributed by atoms with Gasteiger partial charge in [0.1, 0.15) is 5.60 Å². The lowest BCUT2D eigenvalue weighted by Gasteiger charge is -2.42. The lowest BCUT2D eigenvalue weighted by Crippen LogP contribution is -2.46. The number of rotatable bonds is 3. The summed E-state index contributed by atoms with van der Waals surface area (Å²) in [4.78, 5) is 14.1. The summed E-state index contributed by atoms with van der Waals surface area (Å²) in [6, 6.07) is 10.8. The van der Waals surface area contributed by atoms with E-state index >= 15 is 0 Å². The van der Waals surface area contributed by atoms with Gasteiger partial charge < -0.3 is 9.64 Å². The zero-order valence-corrected chi connectivity index (χ0v) is 14.4. The van der Waals surface area contributed by atoms with E-state index in [-0.39, 0.29) is 11.5 Å². The van der Waals surface area contributed by atoms with E-state index in [2.05, 4.69) is 37.3 Å². The first-order chi connectivity index (χ1) is 10.4. The molecule has 0 unspecified atom stereocenters.